The van der Waals surface area contributed by atoms with E-state index in [9.17, 15) is 8.77 Å². The predicted molar refractivity (Wildman–Crippen MR) is 35.1 cm³/mol. The van der Waals surface area contributed by atoms with Crippen molar-refractivity contribution in [3.8, 4) is 6.01 Å². The van der Waals surface area contributed by atoms with Gasteiger partial charge in [-0.1, -0.05) is 0 Å². The lowest BCUT2D eigenvalue weighted by atomic mass is 11.2. The van der Waals surface area contributed by atoms with Gasteiger partial charge < -0.3 is 18.5 Å². The Hall–Kier alpha value is -0.760. The number of hydrogen-bond donors (Lipinski definition) is 2. The lowest BCUT2D eigenvalue weighted by Crippen LogP contribution is -2.01. The predicted octanol–water partition coefficient (Wildman–Crippen LogP) is -0.795. The lowest BCUT2D eigenvalue weighted by molar-refractivity contribution is 0.378. The van der Waals surface area contributed by atoms with Crippen LogP contribution in [0.3, 0.4) is 0 Å². The molecule has 1 unspecified atom stereocenters. The van der Waals surface area contributed by atoms with E-state index < -0.39 is 23.5 Å². The highest BCUT2D eigenvalue weighted by Crippen LogP contribution is 2.39. The van der Waals surface area contributed by atoms with Gasteiger partial charge in [0, 0.05) is 0 Å². The smallest absolute Gasteiger partial charge is 0.351 e. The third-order valence-corrected chi connectivity index (χ3v) is 2.75. The van der Waals surface area contributed by atoms with Crippen molar-refractivity contribution in [1.82, 2.24) is 10.1 Å². The summed E-state index contributed by atoms with van der Waals surface area (Å²) in [6, 6.07) is -0.489. The molecule has 0 saturated heterocycles. The van der Waals surface area contributed by atoms with Gasteiger partial charge >= 0.3 is 23.5 Å². The van der Waals surface area contributed by atoms with Crippen molar-refractivity contribution in [2.75, 3.05) is 0 Å². The zero-order valence-corrected chi connectivity index (χ0v) is 7.07. The Morgan fingerprint density at radius 2 is 2.33 bits per heavy atom. The average molecular weight is 214 g/mol. The molecule has 68 valence electrons. The Morgan fingerprint density at radius 3 is 2.75 bits per heavy atom. The summed E-state index contributed by atoms with van der Waals surface area (Å²) in [6.45, 7) is -4.77. The van der Waals surface area contributed by atoms with Crippen molar-refractivity contribution in [2.45, 2.75) is 0 Å². The standard InChI is InChI=1S/C2H3N2O6PS/c5-11(6,7)12(8)10-2-3-1-9-4-2/h1H,(H2,5,6,7). The molecule has 10 heteroatoms. The summed E-state index contributed by atoms with van der Waals surface area (Å²) in [7, 11) is -2.79. The van der Waals surface area contributed by atoms with Crippen LogP contribution >= 0.6 is 6.80 Å². The maximum absolute atomic E-state index is 10.5. The van der Waals surface area contributed by atoms with Crippen LogP contribution in [0.15, 0.2) is 10.9 Å². The van der Waals surface area contributed by atoms with Gasteiger partial charge in [0.2, 0.25) is 6.39 Å². The fourth-order valence-corrected chi connectivity index (χ4v) is 1.10. The molecule has 0 amide bonds. The lowest BCUT2D eigenvalue weighted by Gasteiger charge is -1.99. The first-order chi connectivity index (χ1) is 5.50. The topological polar surface area (TPSA) is 123 Å². The fraction of sp³-hybridized carbons (Fsp3) is 0. The molecule has 1 aromatic rings. The van der Waals surface area contributed by atoms with Crippen molar-refractivity contribution in [3.05, 3.63) is 6.39 Å². The minimum absolute atomic E-state index is 0.489. The van der Waals surface area contributed by atoms with E-state index in [1.54, 1.807) is 0 Å². The van der Waals surface area contributed by atoms with Crippen LogP contribution in [0, 0.1) is 0 Å². The van der Waals surface area contributed by atoms with E-state index in [2.05, 4.69) is 18.8 Å². The van der Waals surface area contributed by atoms with Crippen molar-refractivity contribution in [2.24, 2.45) is 0 Å². The van der Waals surface area contributed by atoms with Gasteiger partial charge in [-0.15, -0.1) is 0 Å². The quantitative estimate of drug-likeness (QED) is 0.627. The molecule has 0 spiro atoms. The van der Waals surface area contributed by atoms with Crippen LogP contribution in [0.2, 0.25) is 0 Å². The summed E-state index contributed by atoms with van der Waals surface area (Å²) in [5, 5.41) is 3.02. The summed E-state index contributed by atoms with van der Waals surface area (Å²) in [5.41, 5.74) is 0. The minimum atomic E-state index is -4.77. The molecular weight excluding hydrogens is 211 g/mol. The van der Waals surface area contributed by atoms with Crippen LogP contribution in [0.4, 0.5) is 0 Å². The van der Waals surface area contributed by atoms with Gasteiger partial charge in [-0.25, -0.2) is 8.77 Å². The van der Waals surface area contributed by atoms with Gasteiger partial charge in [0.15, 0.2) is 0 Å². The molecule has 1 aromatic heterocycles. The Labute approximate surface area is 68.1 Å². The highest BCUT2D eigenvalue weighted by Gasteiger charge is 2.27. The highest BCUT2D eigenvalue weighted by molar-refractivity contribution is 8.42. The zero-order chi connectivity index (χ0) is 9.19. The first kappa shape index (κ1) is 9.33. The summed E-state index contributed by atoms with van der Waals surface area (Å²) < 4.78 is 29.0. The molecular formula is C2H3N2O6PS. The van der Waals surface area contributed by atoms with E-state index in [0.29, 0.717) is 0 Å². The number of aromatic nitrogens is 2. The SMILES string of the molecule is O=S(Oc1ncon1)P(=O)(O)O. The second-order valence-electron chi connectivity index (χ2n) is 1.50. The molecule has 0 radical (unpaired) electrons. The van der Waals surface area contributed by atoms with Crippen molar-refractivity contribution < 1.29 is 27.3 Å². The van der Waals surface area contributed by atoms with E-state index in [0.717, 1.165) is 6.39 Å². The Balaban J connectivity index is 2.66. The number of hydrogen-bond acceptors (Lipinski definition) is 6. The first-order valence-electron chi connectivity index (χ1n) is 2.43. The van der Waals surface area contributed by atoms with E-state index in [4.69, 9.17) is 9.79 Å². The number of rotatable bonds is 3. The van der Waals surface area contributed by atoms with Gasteiger partial charge in [0.05, 0.1) is 0 Å². The van der Waals surface area contributed by atoms with Crippen LogP contribution in [-0.2, 0) is 15.3 Å². The Kier molecular flexibility index (Phi) is 2.58. The third kappa shape index (κ3) is 2.38. The summed E-state index contributed by atoms with van der Waals surface area (Å²) >= 11 is 0. The molecule has 0 aliphatic heterocycles. The van der Waals surface area contributed by atoms with Gasteiger partial charge in [-0.2, -0.15) is 4.98 Å². The van der Waals surface area contributed by atoms with E-state index >= 15 is 0 Å². The van der Waals surface area contributed by atoms with Gasteiger partial charge in [-0.05, 0) is 5.16 Å². The van der Waals surface area contributed by atoms with Crippen molar-refractivity contribution in [3.63, 3.8) is 0 Å². The highest BCUT2D eigenvalue weighted by atomic mass is 32.8. The zero-order valence-electron chi connectivity index (χ0n) is 5.35. The van der Waals surface area contributed by atoms with E-state index in [-0.39, 0.29) is 0 Å². The second-order valence-corrected chi connectivity index (χ2v) is 5.41. The summed E-state index contributed by atoms with van der Waals surface area (Å²) in [5.74, 6) is 0. The summed E-state index contributed by atoms with van der Waals surface area (Å²) in [6.07, 6.45) is 0.867. The molecule has 12 heavy (non-hydrogen) atoms. The summed E-state index contributed by atoms with van der Waals surface area (Å²) in [4.78, 5) is 19.8. The number of nitrogens with zero attached hydrogens (tertiary/aromatic N) is 2. The molecule has 0 aliphatic rings. The van der Waals surface area contributed by atoms with Gasteiger partial charge in [0.1, 0.15) is 0 Å². The molecule has 0 aromatic carbocycles. The molecule has 8 nitrogen and oxygen atoms in total. The van der Waals surface area contributed by atoms with Crippen LogP contribution in [-0.4, -0.2) is 24.1 Å². The average Bonchev–Trinajstić information content (AvgIpc) is 2.37. The first-order valence-corrected chi connectivity index (χ1v) is 5.72. The molecule has 0 saturated carbocycles. The van der Waals surface area contributed by atoms with Gasteiger partial charge in [-0.3, -0.25) is 0 Å². The Bertz CT molecular complexity index is 316. The fourth-order valence-electron chi connectivity index (χ4n) is 0.310. The molecule has 0 bridgehead atoms. The maximum atomic E-state index is 10.5. The molecule has 0 fully saturated rings. The third-order valence-electron chi connectivity index (χ3n) is 0.681. The van der Waals surface area contributed by atoms with Crippen molar-refractivity contribution >= 4 is 17.5 Å². The van der Waals surface area contributed by atoms with Crippen LogP contribution in [0.5, 0.6) is 6.01 Å². The van der Waals surface area contributed by atoms with E-state index in [1.165, 1.54) is 0 Å². The van der Waals surface area contributed by atoms with Crippen LogP contribution in [0.25, 0.3) is 0 Å². The minimum Gasteiger partial charge on any atom is -0.351 e. The largest absolute Gasteiger partial charge is 0.451 e. The molecule has 1 heterocycles. The maximum Gasteiger partial charge on any atom is 0.451 e. The second kappa shape index (κ2) is 3.31. The normalized spacial score (nSPS) is 14.2. The monoisotopic (exact) mass is 214 g/mol. The molecule has 2 N–H and O–H groups in total. The molecule has 0 aliphatic carbocycles. The van der Waals surface area contributed by atoms with Crippen molar-refractivity contribution in [1.29, 1.82) is 0 Å². The van der Waals surface area contributed by atoms with Crippen LogP contribution in [0.1, 0.15) is 0 Å². The van der Waals surface area contributed by atoms with E-state index in [1.807, 2.05) is 0 Å². The van der Waals surface area contributed by atoms with Gasteiger partial charge in [0.25, 0.3) is 0 Å². The Morgan fingerprint density at radius 1 is 1.67 bits per heavy atom. The van der Waals surface area contributed by atoms with Crippen LogP contribution < -0.4 is 4.18 Å². The molecule has 1 rings (SSSR count). The molecule has 1 atom stereocenters.